The quantitative estimate of drug-likeness (QED) is 0.292. The summed E-state index contributed by atoms with van der Waals surface area (Å²) in [6, 6.07) is 8.64. The Morgan fingerprint density at radius 3 is 2.19 bits per heavy atom. The Morgan fingerprint density at radius 2 is 1.58 bits per heavy atom. The van der Waals surface area contributed by atoms with Gasteiger partial charge in [-0.3, -0.25) is 9.59 Å². The van der Waals surface area contributed by atoms with E-state index in [2.05, 4.69) is 21.3 Å². The van der Waals surface area contributed by atoms with E-state index in [9.17, 15) is 14.4 Å². The van der Waals surface area contributed by atoms with E-state index in [1.165, 1.54) is 14.2 Å². The third-order valence-electron chi connectivity index (χ3n) is 3.51. The smallest absolute Gasteiger partial charge is 0.339 e. The lowest BCUT2D eigenvalue weighted by molar-refractivity contribution is -0.141. The summed E-state index contributed by atoms with van der Waals surface area (Å²) in [5.41, 5.74) is 0.443. The number of hydrogen-bond donors (Lipinski definition) is 0. The van der Waals surface area contributed by atoms with Crippen LogP contribution in [0.4, 0.5) is 0 Å². The highest BCUT2D eigenvalue weighted by atomic mass is 16.5. The first kappa shape index (κ1) is 21.2. The molecule has 0 heterocycles. The zero-order valence-corrected chi connectivity index (χ0v) is 15.2. The van der Waals surface area contributed by atoms with E-state index in [0.717, 1.165) is 0 Å². The van der Waals surface area contributed by atoms with Crippen LogP contribution in [0.3, 0.4) is 0 Å². The van der Waals surface area contributed by atoms with E-state index in [1.54, 1.807) is 24.3 Å². The van der Waals surface area contributed by atoms with Gasteiger partial charge in [0.15, 0.2) is 6.10 Å². The summed E-state index contributed by atoms with van der Waals surface area (Å²) >= 11 is 0. The van der Waals surface area contributed by atoms with Crippen LogP contribution in [0.15, 0.2) is 30.3 Å². The number of carbonyl (C=O) groups excluding carboxylic acids is 3. The monoisotopic (exact) mass is 360 g/mol. The van der Waals surface area contributed by atoms with Crippen molar-refractivity contribution in [2.75, 3.05) is 14.2 Å². The fraction of sp³-hybridized carbons (Fsp3) is 0.450. The molecule has 0 bridgehead atoms. The van der Waals surface area contributed by atoms with E-state index in [-0.39, 0.29) is 18.4 Å². The minimum Gasteiger partial charge on any atom is -0.469 e. The summed E-state index contributed by atoms with van der Waals surface area (Å²) in [5, 5.41) is 0. The van der Waals surface area contributed by atoms with Crippen molar-refractivity contribution in [3.05, 3.63) is 35.9 Å². The standard InChI is InChI=1S/C20H24O6/c1-24-18(21)14-8-4-7-12-17(13-9-15-19(22)25-2)26-20(23)16-10-5-3-6-11-16/h3,5-6,10-11,17H,4,8-9,13-15H2,1-2H3. The maximum Gasteiger partial charge on any atom is 0.339 e. The normalized spacial score (nSPS) is 10.8. The van der Waals surface area contributed by atoms with Gasteiger partial charge in [0, 0.05) is 19.3 Å². The van der Waals surface area contributed by atoms with Gasteiger partial charge < -0.3 is 14.2 Å². The van der Waals surface area contributed by atoms with Crippen LogP contribution in [0.2, 0.25) is 0 Å². The second kappa shape index (κ2) is 12.5. The summed E-state index contributed by atoms with van der Waals surface area (Å²) in [6.45, 7) is 0. The topological polar surface area (TPSA) is 78.9 Å². The summed E-state index contributed by atoms with van der Waals surface area (Å²) in [4.78, 5) is 34.5. The van der Waals surface area contributed by atoms with Crippen molar-refractivity contribution in [2.24, 2.45) is 0 Å². The third-order valence-corrected chi connectivity index (χ3v) is 3.51. The maximum atomic E-state index is 12.2. The molecule has 6 heteroatoms. The molecule has 1 aromatic carbocycles. The van der Waals surface area contributed by atoms with Gasteiger partial charge in [0.1, 0.15) is 0 Å². The van der Waals surface area contributed by atoms with Crippen LogP contribution in [0, 0.1) is 11.8 Å². The van der Waals surface area contributed by atoms with Crippen LogP contribution in [-0.4, -0.2) is 38.2 Å². The number of rotatable bonds is 9. The number of ether oxygens (including phenoxy) is 3. The fourth-order valence-corrected chi connectivity index (χ4v) is 2.08. The van der Waals surface area contributed by atoms with Crippen LogP contribution < -0.4 is 0 Å². The highest BCUT2D eigenvalue weighted by Gasteiger charge is 2.14. The second-order valence-corrected chi connectivity index (χ2v) is 5.48. The van der Waals surface area contributed by atoms with Crippen molar-refractivity contribution in [1.29, 1.82) is 0 Å². The molecule has 1 aromatic rings. The van der Waals surface area contributed by atoms with Crippen molar-refractivity contribution in [1.82, 2.24) is 0 Å². The van der Waals surface area contributed by atoms with Gasteiger partial charge in [-0.15, -0.1) is 0 Å². The Hall–Kier alpha value is -2.81. The van der Waals surface area contributed by atoms with Crippen molar-refractivity contribution in [3.8, 4) is 11.8 Å². The third kappa shape index (κ3) is 8.88. The Balaban J connectivity index is 2.59. The zero-order chi connectivity index (χ0) is 19.2. The van der Waals surface area contributed by atoms with Crippen molar-refractivity contribution < 1.29 is 28.6 Å². The minimum absolute atomic E-state index is 0.236. The van der Waals surface area contributed by atoms with Crippen LogP contribution in [-0.2, 0) is 23.8 Å². The van der Waals surface area contributed by atoms with E-state index in [0.29, 0.717) is 37.7 Å². The molecule has 0 fully saturated rings. The molecule has 1 unspecified atom stereocenters. The highest BCUT2D eigenvalue weighted by molar-refractivity contribution is 5.89. The van der Waals surface area contributed by atoms with Gasteiger partial charge >= 0.3 is 17.9 Å². The molecule has 0 N–H and O–H groups in total. The molecule has 0 amide bonds. The van der Waals surface area contributed by atoms with Crippen LogP contribution in [0.1, 0.15) is 48.9 Å². The van der Waals surface area contributed by atoms with Gasteiger partial charge in [0.25, 0.3) is 0 Å². The molecule has 0 aliphatic carbocycles. The van der Waals surface area contributed by atoms with Gasteiger partial charge in [-0.1, -0.05) is 30.0 Å². The SMILES string of the molecule is COC(=O)CCCC#CC(CCCC(=O)OC)OC(=O)c1ccccc1. The molecule has 0 saturated heterocycles. The van der Waals surface area contributed by atoms with Crippen molar-refractivity contribution in [3.63, 3.8) is 0 Å². The molecule has 1 rings (SSSR count). The number of unbranched alkanes of at least 4 members (excludes halogenated alkanes) is 1. The Kier molecular flexibility index (Phi) is 10.2. The second-order valence-electron chi connectivity index (χ2n) is 5.48. The summed E-state index contributed by atoms with van der Waals surface area (Å²) < 4.78 is 14.6. The Morgan fingerprint density at radius 1 is 0.962 bits per heavy atom. The summed E-state index contributed by atoms with van der Waals surface area (Å²) in [5.74, 6) is 4.77. The first-order chi connectivity index (χ1) is 12.6. The fourth-order valence-electron chi connectivity index (χ4n) is 2.08. The predicted molar refractivity (Wildman–Crippen MR) is 95.2 cm³/mol. The van der Waals surface area contributed by atoms with Crippen LogP contribution in [0.5, 0.6) is 0 Å². The largest absolute Gasteiger partial charge is 0.469 e. The van der Waals surface area contributed by atoms with E-state index in [4.69, 9.17) is 4.74 Å². The predicted octanol–water partition coefficient (Wildman–Crippen LogP) is 2.90. The Labute approximate surface area is 153 Å². The van der Waals surface area contributed by atoms with Crippen LogP contribution >= 0.6 is 0 Å². The first-order valence-corrected chi connectivity index (χ1v) is 8.45. The van der Waals surface area contributed by atoms with Crippen LogP contribution in [0.25, 0.3) is 0 Å². The molecular formula is C20H24O6. The van der Waals surface area contributed by atoms with E-state index < -0.39 is 12.1 Å². The lowest BCUT2D eigenvalue weighted by Gasteiger charge is -2.12. The molecule has 0 radical (unpaired) electrons. The lowest BCUT2D eigenvalue weighted by Crippen LogP contribution is -2.17. The molecule has 0 spiro atoms. The van der Waals surface area contributed by atoms with Gasteiger partial charge in [-0.05, 0) is 31.4 Å². The molecule has 6 nitrogen and oxygen atoms in total. The molecular weight excluding hydrogens is 336 g/mol. The number of carbonyl (C=O) groups is 3. The first-order valence-electron chi connectivity index (χ1n) is 8.45. The molecule has 0 aromatic heterocycles. The lowest BCUT2D eigenvalue weighted by atomic mass is 10.1. The van der Waals surface area contributed by atoms with E-state index >= 15 is 0 Å². The number of esters is 3. The van der Waals surface area contributed by atoms with Crippen molar-refractivity contribution in [2.45, 2.75) is 44.6 Å². The molecule has 0 aliphatic heterocycles. The van der Waals surface area contributed by atoms with Gasteiger partial charge in [-0.25, -0.2) is 4.79 Å². The highest BCUT2D eigenvalue weighted by Crippen LogP contribution is 2.10. The van der Waals surface area contributed by atoms with Crippen molar-refractivity contribution >= 4 is 17.9 Å². The number of hydrogen-bond acceptors (Lipinski definition) is 6. The maximum absolute atomic E-state index is 12.2. The zero-order valence-electron chi connectivity index (χ0n) is 15.2. The molecule has 1 atom stereocenters. The number of benzene rings is 1. The van der Waals surface area contributed by atoms with E-state index in [1.807, 2.05) is 6.07 Å². The van der Waals surface area contributed by atoms with Gasteiger partial charge in [-0.2, -0.15) is 0 Å². The summed E-state index contributed by atoms with van der Waals surface area (Å²) in [7, 11) is 2.67. The minimum atomic E-state index is -0.620. The molecule has 0 saturated carbocycles. The average Bonchev–Trinajstić information content (AvgIpc) is 2.67. The molecule has 140 valence electrons. The average molecular weight is 360 g/mol. The summed E-state index contributed by atoms with van der Waals surface area (Å²) in [6.07, 6.45) is 1.90. The number of methoxy groups -OCH3 is 2. The van der Waals surface area contributed by atoms with Gasteiger partial charge in [0.05, 0.1) is 19.8 Å². The van der Waals surface area contributed by atoms with Gasteiger partial charge in [0.2, 0.25) is 0 Å². The Bertz CT molecular complexity index is 641. The molecule has 0 aliphatic rings. The molecule has 26 heavy (non-hydrogen) atoms.